The summed E-state index contributed by atoms with van der Waals surface area (Å²) in [5.41, 5.74) is 0. The first-order valence-electron chi connectivity index (χ1n) is 2.78. The first-order valence-corrected chi connectivity index (χ1v) is 3.15. The van der Waals surface area contributed by atoms with Crippen LogP contribution in [-0.4, -0.2) is 22.2 Å². The summed E-state index contributed by atoms with van der Waals surface area (Å²) in [5, 5.41) is 16.5. The fourth-order valence-corrected chi connectivity index (χ4v) is 0.695. The van der Waals surface area contributed by atoms with Gasteiger partial charge < -0.3 is 10.2 Å². The normalized spacial score (nSPS) is 11.7. The molecule has 11 heavy (non-hydrogen) atoms. The number of hydrogen-bond donors (Lipinski definition) is 2. The molecule has 0 saturated carbocycles. The van der Waals surface area contributed by atoms with E-state index in [4.69, 9.17) is 21.8 Å². The molecular weight excluding hydrogens is 172 g/mol. The van der Waals surface area contributed by atoms with Crippen molar-refractivity contribution in [1.29, 1.82) is 0 Å². The van der Waals surface area contributed by atoms with Gasteiger partial charge >= 0.3 is 11.9 Å². The molecule has 4 nitrogen and oxygen atoms in total. The van der Waals surface area contributed by atoms with Crippen molar-refractivity contribution in [2.24, 2.45) is 5.92 Å². The van der Waals surface area contributed by atoms with Crippen molar-refractivity contribution >= 4 is 23.5 Å². The number of hydrogen-bond acceptors (Lipinski definition) is 2. The highest BCUT2D eigenvalue weighted by molar-refractivity contribution is 6.33. The van der Waals surface area contributed by atoms with Gasteiger partial charge in [0, 0.05) is 5.03 Å². The summed E-state index contributed by atoms with van der Waals surface area (Å²) in [6.07, 6.45) is 1.24. The van der Waals surface area contributed by atoms with E-state index in [1.807, 2.05) is 0 Å². The third kappa shape index (κ3) is 2.59. The van der Waals surface area contributed by atoms with Gasteiger partial charge in [0.2, 0.25) is 0 Å². The summed E-state index contributed by atoms with van der Waals surface area (Å²) in [6, 6.07) is 0. The molecule has 0 atom stereocenters. The summed E-state index contributed by atoms with van der Waals surface area (Å²) >= 11 is 5.32. The van der Waals surface area contributed by atoms with Crippen LogP contribution in [0, 0.1) is 5.92 Å². The number of carbonyl (C=O) groups is 2. The summed E-state index contributed by atoms with van der Waals surface area (Å²) in [7, 11) is 0. The second-order valence-electron chi connectivity index (χ2n) is 1.78. The van der Waals surface area contributed by atoms with Crippen LogP contribution < -0.4 is 0 Å². The minimum atomic E-state index is -1.64. The molecule has 0 fully saturated rings. The molecule has 0 radical (unpaired) electrons. The minimum absolute atomic E-state index is 0.190. The lowest BCUT2D eigenvalue weighted by molar-refractivity contribution is -0.152. The van der Waals surface area contributed by atoms with Gasteiger partial charge in [-0.1, -0.05) is 17.7 Å². The molecule has 0 unspecified atom stereocenters. The zero-order valence-electron chi connectivity index (χ0n) is 5.74. The van der Waals surface area contributed by atoms with Gasteiger partial charge in [-0.3, -0.25) is 9.59 Å². The van der Waals surface area contributed by atoms with Gasteiger partial charge in [-0.2, -0.15) is 0 Å². The molecule has 0 aliphatic heterocycles. The Hall–Kier alpha value is -1.03. The average Bonchev–Trinajstić information content (AvgIpc) is 1.85. The standard InChI is InChI=1S/C6H7ClO4/c1-2-3(7)4(5(8)9)6(10)11/h2,4H,1H3,(H,8,9)(H,10,11). The maximum atomic E-state index is 10.2. The van der Waals surface area contributed by atoms with E-state index >= 15 is 0 Å². The van der Waals surface area contributed by atoms with E-state index in [1.54, 1.807) is 0 Å². The fourth-order valence-electron chi connectivity index (χ4n) is 0.508. The number of halogens is 1. The van der Waals surface area contributed by atoms with Crippen LogP contribution >= 0.6 is 11.6 Å². The van der Waals surface area contributed by atoms with Crippen molar-refractivity contribution in [3.63, 3.8) is 0 Å². The Morgan fingerprint density at radius 2 is 1.73 bits per heavy atom. The van der Waals surface area contributed by atoms with Crippen molar-refractivity contribution in [1.82, 2.24) is 0 Å². The molecule has 0 aromatic rings. The van der Waals surface area contributed by atoms with Gasteiger partial charge in [0.25, 0.3) is 0 Å². The van der Waals surface area contributed by atoms with Crippen LogP contribution in [0.2, 0.25) is 0 Å². The van der Waals surface area contributed by atoms with E-state index in [1.165, 1.54) is 13.0 Å². The lowest BCUT2D eigenvalue weighted by atomic mass is 10.1. The van der Waals surface area contributed by atoms with Crippen LogP contribution in [0.3, 0.4) is 0 Å². The van der Waals surface area contributed by atoms with Crippen molar-refractivity contribution in [2.75, 3.05) is 0 Å². The largest absolute Gasteiger partial charge is 0.480 e. The number of aliphatic carboxylic acids is 2. The highest BCUT2D eigenvalue weighted by Crippen LogP contribution is 2.15. The summed E-state index contributed by atoms with van der Waals surface area (Å²) < 4.78 is 0. The first-order chi connectivity index (χ1) is 5.00. The van der Waals surface area contributed by atoms with Crippen LogP contribution in [0.4, 0.5) is 0 Å². The van der Waals surface area contributed by atoms with Gasteiger partial charge in [0.15, 0.2) is 5.92 Å². The molecule has 0 aromatic heterocycles. The molecule has 0 saturated heterocycles. The van der Waals surface area contributed by atoms with Gasteiger partial charge in [-0.05, 0) is 6.92 Å². The van der Waals surface area contributed by atoms with Gasteiger partial charge in [-0.25, -0.2) is 0 Å². The molecule has 0 spiro atoms. The maximum absolute atomic E-state index is 10.2. The van der Waals surface area contributed by atoms with Gasteiger partial charge in [0.1, 0.15) is 0 Å². The Labute approximate surface area is 68.1 Å². The number of allylic oxidation sites excluding steroid dienone is 1. The SMILES string of the molecule is CC=C(Cl)C(C(=O)O)C(=O)O. The Kier molecular flexibility index (Phi) is 3.60. The summed E-state index contributed by atoms with van der Waals surface area (Å²) in [5.74, 6) is -4.55. The first kappa shape index (κ1) is 9.97. The summed E-state index contributed by atoms with van der Waals surface area (Å²) in [4.78, 5) is 20.5. The Bertz CT molecular complexity index is 195. The second kappa shape index (κ2) is 3.98. The van der Waals surface area contributed by atoms with Crippen molar-refractivity contribution in [3.8, 4) is 0 Å². The lowest BCUT2D eigenvalue weighted by Gasteiger charge is -2.03. The van der Waals surface area contributed by atoms with E-state index in [2.05, 4.69) is 0 Å². The Balaban J connectivity index is 4.62. The average molecular weight is 179 g/mol. The smallest absolute Gasteiger partial charge is 0.323 e. The van der Waals surface area contributed by atoms with Crippen LogP contribution in [0.5, 0.6) is 0 Å². The minimum Gasteiger partial charge on any atom is -0.480 e. The predicted octanol–water partition coefficient (Wildman–Crippen LogP) is 0.914. The van der Waals surface area contributed by atoms with Crippen molar-refractivity contribution in [2.45, 2.75) is 6.92 Å². The molecule has 0 aliphatic carbocycles. The molecule has 62 valence electrons. The number of carboxylic acids is 2. The fraction of sp³-hybridized carbons (Fsp3) is 0.333. The van der Waals surface area contributed by atoms with Crippen LogP contribution in [-0.2, 0) is 9.59 Å². The predicted molar refractivity (Wildman–Crippen MR) is 38.4 cm³/mol. The molecule has 0 amide bonds. The third-order valence-corrected chi connectivity index (χ3v) is 1.48. The van der Waals surface area contributed by atoms with Crippen molar-refractivity contribution in [3.05, 3.63) is 11.1 Å². The van der Waals surface area contributed by atoms with Crippen LogP contribution in [0.15, 0.2) is 11.1 Å². The van der Waals surface area contributed by atoms with E-state index in [-0.39, 0.29) is 5.03 Å². The monoisotopic (exact) mass is 178 g/mol. The molecule has 0 rings (SSSR count). The lowest BCUT2D eigenvalue weighted by Crippen LogP contribution is -2.23. The molecule has 2 N–H and O–H groups in total. The molecule has 0 aromatic carbocycles. The van der Waals surface area contributed by atoms with E-state index in [0.717, 1.165) is 0 Å². The van der Waals surface area contributed by atoms with Crippen molar-refractivity contribution < 1.29 is 19.8 Å². The highest BCUT2D eigenvalue weighted by Gasteiger charge is 2.28. The number of carboxylic acid groups (broad SMARTS) is 2. The van der Waals surface area contributed by atoms with Gasteiger partial charge in [0.05, 0.1) is 0 Å². The summed E-state index contributed by atoms with van der Waals surface area (Å²) in [6.45, 7) is 1.47. The zero-order chi connectivity index (χ0) is 9.02. The topological polar surface area (TPSA) is 74.6 Å². The Morgan fingerprint density at radius 3 is 1.82 bits per heavy atom. The van der Waals surface area contributed by atoms with Crippen LogP contribution in [0.25, 0.3) is 0 Å². The third-order valence-electron chi connectivity index (χ3n) is 1.05. The van der Waals surface area contributed by atoms with E-state index in [9.17, 15) is 9.59 Å². The molecule has 0 aliphatic rings. The second-order valence-corrected chi connectivity index (χ2v) is 2.22. The maximum Gasteiger partial charge on any atom is 0.323 e. The van der Waals surface area contributed by atoms with Crippen LogP contribution in [0.1, 0.15) is 6.92 Å². The zero-order valence-corrected chi connectivity index (χ0v) is 6.50. The van der Waals surface area contributed by atoms with E-state index < -0.39 is 17.9 Å². The van der Waals surface area contributed by atoms with Gasteiger partial charge in [-0.15, -0.1) is 0 Å². The number of rotatable bonds is 3. The highest BCUT2D eigenvalue weighted by atomic mass is 35.5. The molecule has 0 bridgehead atoms. The molecule has 5 heteroatoms. The van der Waals surface area contributed by atoms with E-state index in [0.29, 0.717) is 0 Å². The Morgan fingerprint density at radius 1 is 1.36 bits per heavy atom. The molecule has 0 heterocycles. The molecular formula is C6H7ClO4. The quantitative estimate of drug-likeness (QED) is 0.630.